The zero-order chi connectivity index (χ0) is 68.5. The maximum atomic E-state index is 14.7. The normalized spacial score (nSPS) is 27.8. The number of piperazine rings is 1. The zero-order valence-corrected chi connectivity index (χ0v) is 56.5. The van der Waals surface area contributed by atoms with Crippen molar-refractivity contribution >= 4 is 69.5 Å². The fraction of sp³-hybridized carbons (Fsp3) is 0.500. The number of aliphatic hydroxyl groups is 6. The van der Waals surface area contributed by atoms with Crippen LogP contribution in [0.15, 0.2) is 95.9 Å². The molecule has 512 valence electrons. The van der Waals surface area contributed by atoms with Crippen molar-refractivity contribution in [3.05, 3.63) is 114 Å². The number of ether oxygens (including phenoxy) is 1. The second-order valence-electron chi connectivity index (χ2n) is 24.8. The molecule has 10 unspecified atom stereocenters. The SMILES string of the molecule is [C-]#[N+]C[C@@H](O)[C@@H]1NC(=O)C([C@H](O)Cc2ccc(O)c(S(=O)OO[O-])c2)NC(=O)C2CC(O)CN2C(=O)C(C(C)O)NC(=O)[C@@H](NC(=O)c2ccc(N3CCN(c4ccc(-c5ccc(N6CC(C)OC(C)C6)cc5)cc4)CC3)cc2)C[C@H](O)CNC(=O)C2[C@@H](O)C(C)CN2C1=O.[Na+]. The summed E-state index contributed by atoms with van der Waals surface area (Å²) in [6.45, 7) is 16.1. The number of carbonyl (C=O) groups excluding carboxylic acids is 7. The molecule has 9 rings (SSSR count). The molecule has 30 nitrogen and oxygen atoms in total. The Labute approximate surface area is 578 Å². The molecule has 0 aliphatic carbocycles. The Balaban J connectivity index is 0.0000118. The third-order valence-electron chi connectivity index (χ3n) is 17.8. The first-order valence-corrected chi connectivity index (χ1v) is 32.3. The summed E-state index contributed by atoms with van der Waals surface area (Å²) in [5.74, 6) is -9.59. The number of rotatable bonds is 15. The first-order valence-electron chi connectivity index (χ1n) is 31.3. The third kappa shape index (κ3) is 17.8. The van der Waals surface area contributed by atoms with Crippen molar-refractivity contribution in [2.45, 2.75) is 137 Å². The predicted octanol–water partition coefficient (Wildman–Crippen LogP) is -5.88. The summed E-state index contributed by atoms with van der Waals surface area (Å²) in [6, 6.07) is 15.2. The molecule has 0 aromatic heterocycles. The molecule has 0 radical (unpaired) electrons. The molecule has 4 aromatic rings. The van der Waals surface area contributed by atoms with E-state index in [1.807, 2.05) is 0 Å². The van der Waals surface area contributed by atoms with E-state index in [0.717, 1.165) is 70.1 Å². The van der Waals surface area contributed by atoms with Gasteiger partial charge in [0.15, 0.2) is 6.10 Å². The number of phenols is 1. The molecule has 4 aromatic carbocycles. The van der Waals surface area contributed by atoms with Crippen molar-refractivity contribution in [1.82, 2.24) is 36.4 Å². The van der Waals surface area contributed by atoms with Crippen LogP contribution in [0.1, 0.15) is 56.5 Å². The summed E-state index contributed by atoms with van der Waals surface area (Å²) in [5, 5.41) is 105. The monoisotopic (exact) mass is 1360 g/mol. The zero-order valence-electron chi connectivity index (χ0n) is 53.6. The van der Waals surface area contributed by atoms with Crippen molar-refractivity contribution < 1.29 is 122 Å². The van der Waals surface area contributed by atoms with Crippen LogP contribution >= 0.6 is 0 Å². The number of hydrogen-bond acceptors (Lipinski definition) is 22. The summed E-state index contributed by atoms with van der Waals surface area (Å²) >= 11 is -2.73. The third-order valence-corrected chi connectivity index (χ3v) is 18.6. The molecule has 5 fully saturated rings. The number of carbonyl (C=O) groups is 7. The van der Waals surface area contributed by atoms with Crippen LogP contribution in [0.5, 0.6) is 5.75 Å². The minimum Gasteiger partial charge on any atom is -0.691 e. The minimum atomic E-state index is -2.73. The molecule has 32 heteroatoms. The molecule has 12 N–H and O–H groups in total. The van der Waals surface area contributed by atoms with E-state index in [9.17, 15) is 78.8 Å². The van der Waals surface area contributed by atoms with Gasteiger partial charge >= 0.3 is 29.6 Å². The fourth-order valence-electron chi connectivity index (χ4n) is 12.8. The van der Waals surface area contributed by atoms with E-state index < -0.39 is 181 Å². The quantitative estimate of drug-likeness (QED) is 0.0228. The van der Waals surface area contributed by atoms with Gasteiger partial charge in [0.05, 0.1) is 42.7 Å². The van der Waals surface area contributed by atoms with E-state index in [2.05, 4.69) is 118 Å². The largest absolute Gasteiger partial charge is 1.00 e. The van der Waals surface area contributed by atoms with Crippen molar-refractivity contribution in [3.8, 4) is 16.9 Å². The van der Waals surface area contributed by atoms with Crippen molar-refractivity contribution in [2.75, 3.05) is 80.1 Å². The van der Waals surface area contributed by atoms with E-state index in [1.165, 1.54) is 25.1 Å². The van der Waals surface area contributed by atoms with E-state index in [-0.39, 0.29) is 59.4 Å². The van der Waals surface area contributed by atoms with Crippen LogP contribution in [0.25, 0.3) is 16.0 Å². The molecule has 0 saturated carbocycles. The van der Waals surface area contributed by atoms with Gasteiger partial charge in [-0.2, -0.15) is 0 Å². The maximum absolute atomic E-state index is 14.7. The van der Waals surface area contributed by atoms with Gasteiger partial charge in [-0.15, -0.1) is 4.33 Å². The predicted molar refractivity (Wildman–Crippen MR) is 338 cm³/mol. The first-order chi connectivity index (χ1) is 45.3. The van der Waals surface area contributed by atoms with Gasteiger partial charge in [-0.1, -0.05) is 37.3 Å². The number of aliphatic hydroxyl groups excluding tert-OH is 6. The molecular weight excluding hydrogens is 1280 g/mol. The molecule has 7 amide bonds. The molecule has 5 saturated heterocycles. The van der Waals surface area contributed by atoms with Gasteiger partial charge in [0, 0.05) is 107 Å². The molecular formula is C64H80N11NaO19S. The van der Waals surface area contributed by atoms with Gasteiger partial charge in [0.25, 0.3) is 5.91 Å². The fourth-order valence-corrected chi connectivity index (χ4v) is 13.4. The number of nitrogens with one attached hydrogen (secondary N) is 5. The summed E-state index contributed by atoms with van der Waals surface area (Å²) < 4.78 is 22.5. The van der Waals surface area contributed by atoms with E-state index in [1.54, 1.807) is 12.1 Å². The van der Waals surface area contributed by atoms with Crippen molar-refractivity contribution in [3.63, 3.8) is 0 Å². The number of benzene rings is 4. The van der Waals surface area contributed by atoms with Crippen molar-refractivity contribution in [1.29, 1.82) is 0 Å². The minimum absolute atomic E-state index is 0. The van der Waals surface area contributed by atoms with Crippen LogP contribution < -0.4 is 76.1 Å². The van der Waals surface area contributed by atoms with Gasteiger partial charge in [0.1, 0.15) is 46.9 Å². The van der Waals surface area contributed by atoms with Gasteiger partial charge in [-0.3, -0.25) is 38.6 Å². The Bertz CT molecular complexity index is 3470. The summed E-state index contributed by atoms with van der Waals surface area (Å²) in [5.41, 5.74) is 5.27. The number of aromatic hydroxyl groups is 1. The van der Waals surface area contributed by atoms with Gasteiger partial charge in [-0.25, -0.2) is 10.8 Å². The summed E-state index contributed by atoms with van der Waals surface area (Å²) in [7, 11) is 0. The summed E-state index contributed by atoms with van der Waals surface area (Å²) in [6.07, 6.45) is -12.2. The number of hydrogen-bond donors (Lipinski definition) is 12. The van der Waals surface area contributed by atoms with Crippen LogP contribution in [0.4, 0.5) is 17.1 Å². The Kier molecular flexibility index (Phi) is 25.8. The molecule has 5 heterocycles. The van der Waals surface area contributed by atoms with E-state index in [4.69, 9.17) is 11.3 Å². The van der Waals surface area contributed by atoms with Crippen LogP contribution in [-0.2, 0) is 60.4 Å². The van der Waals surface area contributed by atoms with Crippen LogP contribution in [0.3, 0.4) is 0 Å². The molecule has 96 heavy (non-hydrogen) atoms. The van der Waals surface area contributed by atoms with Crippen molar-refractivity contribution in [2.24, 2.45) is 5.92 Å². The van der Waals surface area contributed by atoms with Gasteiger partial charge in [-0.05, 0) is 98.1 Å². The Morgan fingerprint density at radius 2 is 1.25 bits per heavy atom. The standard InChI is InChI=1S/C64H81N11O19S.Na/c1-34-30-75-56(57(34)82)62(87)66-28-45(77)26-47(67-58(83)41-11-17-43(18-12-41)72-22-20-71(21-23-72)42-13-7-39(8-14-42)40-9-15-44(16-10-40)73-31-35(2)92-36(3)32-73)59(84)68-53(37(4)76)63(88)74-33-46(78)27-48(74)60(85)69-54(61(86)70-55(64(75)89)51(81)29-65-5)50(80)24-38-6-19-49(79)52(25-38)95(91)94-93-90;/h6-19,25,34-37,45-48,50-51,53-57,76-82,90H,20-24,26-33H2,1-4H3,(H,66,87)(H,67,83)(H,68,84)(H,69,85)(H,70,86);/q;+1/p-1/t34?,35?,36?,37?,45-,46?,47-,48?,50+,51+,53?,54?,55-,56?,57-,95?;/m0./s1. The number of amides is 7. The van der Waals surface area contributed by atoms with Gasteiger partial charge < -0.3 is 102 Å². The van der Waals surface area contributed by atoms with E-state index >= 15 is 0 Å². The van der Waals surface area contributed by atoms with Crippen LogP contribution in [0.2, 0.25) is 0 Å². The first kappa shape index (κ1) is 74.4. The number of morpholine rings is 1. The number of anilines is 3. The topological polar surface area (TPSA) is 410 Å². The average Bonchev–Trinajstić information content (AvgIpc) is 1.57. The second kappa shape index (κ2) is 33.2. The molecule has 5 aliphatic rings. The summed E-state index contributed by atoms with van der Waals surface area (Å²) in [4.78, 5) is 112. The molecule has 5 aliphatic heterocycles. The number of β-amino-alcohol motifs (C(OH)–C–C–N with tert-alkyl or cyclic N) is 1. The molecule has 0 spiro atoms. The number of phenolic OH excluding ortho intramolecular Hbond substituents is 1. The molecule has 16 atom stereocenters. The Morgan fingerprint density at radius 3 is 1.82 bits per heavy atom. The second-order valence-corrected chi connectivity index (χ2v) is 25.8. The maximum Gasteiger partial charge on any atom is 1.00 e. The Hall–Kier alpha value is -7.39. The molecule has 0 bridgehead atoms. The number of fused-ring (bicyclic) bond motifs is 2. The number of nitrogens with zero attached hydrogens (tertiary/aromatic N) is 6. The smallest absolute Gasteiger partial charge is 0.691 e. The Morgan fingerprint density at radius 1 is 0.698 bits per heavy atom. The van der Waals surface area contributed by atoms with Crippen LogP contribution in [-0.4, -0.2) is 242 Å². The average molecular weight is 1360 g/mol. The van der Waals surface area contributed by atoms with Gasteiger partial charge in [0.2, 0.25) is 53.1 Å². The van der Waals surface area contributed by atoms with E-state index in [0.29, 0.717) is 26.2 Å². The van der Waals surface area contributed by atoms with Crippen LogP contribution in [0, 0.1) is 12.5 Å².